The molecule has 0 atom stereocenters. The molecule has 134 valence electrons. The molecule has 5 heteroatoms. The van der Waals surface area contributed by atoms with Crippen molar-refractivity contribution < 1.29 is 14.7 Å². The molecule has 5 nitrogen and oxygen atoms in total. The molecule has 0 aliphatic carbocycles. The Morgan fingerprint density at radius 1 is 1.00 bits per heavy atom. The number of hydrogen-bond donors (Lipinski definition) is 2. The average Bonchev–Trinajstić information content (AvgIpc) is 2.68. The quantitative estimate of drug-likeness (QED) is 0.833. The maximum absolute atomic E-state index is 12.5. The maximum Gasteiger partial charge on any atom is 0.257 e. The molecule has 26 heavy (non-hydrogen) atoms. The van der Waals surface area contributed by atoms with Crippen LogP contribution < -0.4 is 5.32 Å². The fraction of sp³-hybridized carbons (Fsp3) is 0.238. The molecule has 0 spiro atoms. The van der Waals surface area contributed by atoms with Crippen molar-refractivity contribution in [2.24, 2.45) is 0 Å². The van der Waals surface area contributed by atoms with E-state index in [0.29, 0.717) is 31.5 Å². The van der Waals surface area contributed by atoms with Gasteiger partial charge in [0, 0.05) is 25.2 Å². The second-order valence-corrected chi connectivity index (χ2v) is 6.34. The van der Waals surface area contributed by atoms with Gasteiger partial charge in [0.05, 0.1) is 5.56 Å². The van der Waals surface area contributed by atoms with E-state index in [-0.39, 0.29) is 23.6 Å². The van der Waals surface area contributed by atoms with E-state index in [2.05, 4.69) is 5.32 Å². The third kappa shape index (κ3) is 4.51. The Morgan fingerprint density at radius 3 is 2.35 bits per heavy atom. The summed E-state index contributed by atoms with van der Waals surface area (Å²) in [6.07, 6.45) is 4.72. The van der Waals surface area contributed by atoms with Crippen LogP contribution in [0.15, 0.2) is 60.7 Å². The SMILES string of the molecule is O=C(/C=C/c1ccccc1)NC1CCN(C(=O)c2ccccc2O)CC1. The van der Waals surface area contributed by atoms with E-state index >= 15 is 0 Å². The van der Waals surface area contributed by atoms with Crippen LogP contribution in [0.3, 0.4) is 0 Å². The third-order valence-corrected chi connectivity index (χ3v) is 4.49. The lowest BCUT2D eigenvalue weighted by molar-refractivity contribution is -0.117. The fourth-order valence-electron chi connectivity index (χ4n) is 3.04. The van der Waals surface area contributed by atoms with Crippen LogP contribution in [0.1, 0.15) is 28.8 Å². The van der Waals surface area contributed by atoms with Gasteiger partial charge < -0.3 is 15.3 Å². The number of aromatic hydroxyl groups is 1. The molecule has 1 fully saturated rings. The Labute approximate surface area is 153 Å². The van der Waals surface area contributed by atoms with E-state index in [1.165, 1.54) is 12.1 Å². The molecule has 1 aliphatic heterocycles. The van der Waals surface area contributed by atoms with E-state index in [9.17, 15) is 14.7 Å². The molecule has 0 bridgehead atoms. The molecule has 2 amide bonds. The lowest BCUT2D eigenvalue weighted by Gasteiger charge is -2.32. The molecule has 1 saturated heterocycles. The third-order valence-electron chi connectivity index (χ3n) is 4.49. The number of nitrogens with zero attached hydrogens (tertiary/aromatic N) is 1. The summed E-state index contributed by atoms with van der Waals surface area (Å²) in [5.74, 6) is -0.296. The van der Waals surface area contributed by atoms with E-state index < -0.39 is 0 Å². The molecule has 2 aromatic carbocycles. The molecule has 2 N–H and O–H groups in total. The van der Waals surface area contributed by atoms with Crippen LogP contribution in [0.2, 0.25) is 0 Å². The summed E-state index contributed by atoms with van der Waals surface area (Å²) >= 11 is 0. The Bertz CT molecular complexity index is 794. The van der Waals surface area contributed by atoms with E-state index in [1.54, 1.807) is 29.2 Å². The summed E-state index contributed by atoms with van der Waals surface area (Å²) in [5.41, 5.74) is 1.30. The Hall–Kier alpha value is -3.08. The molecule has 0 unspecified atom stereocenters. The first-order valence-electron chi connectivity index (χ1n) is 8.74. The van der Waals surface area contributed by atoms with Crippen molar-refractivity contribution in [1.82, 2.24) is 10.2 Å². The van der Waals surface area contributed by atoms with Gasteiger partial charge in [-0.25, -0.2) is 0 Å². The first kappa shape index (κ1) is 17.7. The summed E-state index contributed by atoms with van der Waals surface area (Å²) in [6, 6.07) is 16.3. The number of amides is 2. The van der Waals surface area contributed by atoms with Crippen LogP contribution in [0.25, 0.3) is 6.08 Å². The topological polar surface area (TPSA) is 69.6 Å². The molecule has 1 aliphatic rings. The molecule has 0 radical (unpaired) electrons. The summed E-state index contributed by atoms with van der Waals surface area (Å²) in [7, 11) is 0. The van der Waals surface area contributed by atoms with E-state index in [1.807, 2.05) is 30.3 Å². The minimum atomic E-state index is -0.170. The number of piperidine rings is 1. The summed E-state index contributed by atoms with van der Waals surface area (Å²) in [6.45, 7) is 1.11. The van der Waals surface area contributed by atoms with Gasteiger partial charge in [-0.3, -0.25) is 9.59 Å². The molecule has 3 rings (SSSR count). The van der Waals surface area contributed by atoms with Crippen molar-refractivity contribution in [2.45, 2.75) is 18.9 Å². The second-order valence-electron chi connectivity index (χ2n) is 6.34. The number of carbonyl (C=O) groups excluding carboxylic acids is 2. The zero-order valence-electron chi connectivity index (χ0n) is 14.5. The zero-order chi connectivity index (χ0) is 18.4. The molecule has 2 aromatic rings. The van der Waals surface area contributed by atoms with Gasteiger partial charge in [-0.15, -0.1) is 0 Å². The number of hydrogen-bond acceptors (Lipinski definition) is 3. The highest BCUT2D eigenvalue weighted by molar-refractivity contribution is 5.97. The van der Waals surface area contributed by atoms with Crippen molar-refractivity contribution in [3.8, 4) is 5.75 Å². The number of benzene rings is 2. The highest BCUT2D eigenvalue weighted by Gasteiger charge is 2.25. The van der Waals surface area contributed by atoms with Crippen molar-refractivity contribution >= 4 is 17.9 Å². The number of carbonyl (C=O) groups is 2. The predicted molar refractivity (Wildman–Crippen MR) is 101 cm³/mol. The van der Waals surface area contributed by atoms with Crippen LogP contribution in [-0.4, -0.2) is 41.0 Å². The van der Waals surface area contributed by atoms with Gasteiger partial charge in [0.1, 0.15) is 5.75 Å². The van der Waals surface area contributed by atoms with Gasteiger partial charge in [0.25, 0.3) is 5.91 Å². The molecule has 1 heterocycles. The largest absolute Gasteiger partial charge is 0.507 e. The van der Waals surface area contributed by atoms with Crippen molar-refractivity contribution in [3.05, 3.63) is 71.8 Å². The predicted octanol–water partition coefficient (Wildman–Crippen LogP) is 2.83. The van der Waals surface area contributed by atoms with Gasteiger partial charge in [0.15, 0.2) is 0 Å². The molecular formula is C21H22N2O3. The molecule has 0 saturated carbocycles. The lowest BCUT2D eigenvalue weighted by atomic mass is 10.0. The number of para-hydroxylation sites is 1. The van der Waals surface area contributed by atoms with Crippen LogP contribution in [-0.2, 0) is 4.79 Å². The number of phenolic OH excluding ortho intramolecular Hbond substituents is 1. The fourth-order valence-corrected chi connectivity index (χ4v) is 3.04. The van der Waals surface area contributed by atoms with E-state index in [0.717, 1.165) is 5.56 Å². The smallest absolute Gasteiger partial charge is 0.257 e. The van der Waals surface area contributed by atoms with Crippen LogP contribution in [0, 0.1) is 0 Å². The summed E-state index contributed by atoms with van der Waals surface area (Å²) in [4.78, 5) is 26.3. The lowest BCUT2D eigenvalue weighted by Crippen LogP contribution is -2.46. The van der Waals surface area contributed by atoms with Crippen LogP contribution in [0.5, 0.6) is 5.75 Å². The highest BCUT2D eigenvalue weighted by Crippen LogP contribution is 2.20. The minimum Gasteiger partial charge on any atom is -0.507 e. The zero-order valence-corrected chi connectivity index (χ0v) is 14.5. The number of likely N-dealkylation sites (tertiary alicyclic amines) is 1. The van der Waals surface area contributed by atoms with Gasteiger partial charge >= 0.3 is 0 Å². The summed E-state index contributed by atoms with van der Waals surface area (Å²) in [5, 5.41) is 12.8. The van der Waals surface area contributed by atoms with Crippen LogP contribution >= 0.6 is 0 Å². The molecule has 0 aromatic heterocycles. The second kappa shape index (κ2) is 8.34. The minimum absolute atomic E-state index is 0.000949. The number of rotatable bonds is 4. The van der Waals surface area contributed by atoms with Gasteiger partial charge in [-0.05, 0) is 36.6 Å². The first-order valence-corrected chi connectivity index (χ1v) is 8.74. The Morgan fingerprint density at radius 2 is 1.65 bits per heavy atom. The number of phenols is 1. The van der Waals surface area contributed by atoms with E-state index in [4.69, 9.17) is 0 Å². The van der Waals surface area contributed by atoms with Gasteiger partial charge in [-0.1, -0.05) is 42.5 Å². The van der Waals surface area contributed by atoms with Gasteiger partial charge in [0.2, 0.25) is 5.91 Å². The van der Waals surface area contributed by atoms with Crippen molar-refractivity contribution in [2.75, 3.05) is 13.1 Å². The monoisotopic (exact) mass is 350 g/mol. The van der Waals surface area contributed by atoms with Crippen LogP contribution in [0.4, 0.5) is 0 Å². The van der Waals surface area contributed by atoms with Gasteiger partial charge in [-0.2, -0.15) is 0 Å². The standard InChI is InChI=1S/C21H22N2O3/c24-19-9-5-4-8-18(19)21(26)23-14-12-17(13-15-23)22-20(25)11-10-16-6-2-1-3-7-16/h1-11,17,24H,12-15H2,(H,22,25)/b11-10+. The maximum atomic E-state index is 12.5. The Balaban J connectivity index is 1.49. The first-order chi connectivity index (χ1) is 12.6. The molecular weight excluding hydrogens is 328 g/mol. The summed E-state index contributed by atoms with van der Waals surface area (Å²) < 4.78 is 0. The Kier molecular flexibility index (Phi) is 5.69. The number of nitrogens with one attached hydrogen (secondary N) is 1. The van der Waals surface area contributed by atoms with Crippen molar-refractivity contribution in [1.29, 1.82) is 0 Å². The average molecular weight is 350 g/mol. The van der Waals surface area contributed by atoms with Crippen molar-refractivity contribution in [3.63, 3.8) is 0 Å². The highest BCUT2D eigenvalue weighted by atomic mass is 16.3. The normalized spacial score (nSPS) is 15.2.